The van der Waals surface area contributed by atoms with Crippen LogP contribution in [0, 0.1) is 27.7 Å². The number of H-pyrrole nitrogens is 4. The van der Waals surface area contributed by atoms with E-state index in [0.29, 0.717) is 0 Å². The molecule has 0 saturated carbocycles. The smallest absolute Gasteiger partial charge is 0.387 e. The Morgan fingerprint density at radius 1 is 0.375 bits per heavy atom. The average molecular weight is 2200 g/mol. The number of nitrogens with zero attached hydrogens (tertiary/aromatic N) is 12. The van der Waals surface area contributed by atoms with Crippen LogP contribution in [-0.4, -0.2) is 345 Å². The van der Waals surface area contributed by atoms with Crippen LogP contribution < -0.4 is 56.5 Å². The van der Waals surface area contributed by atoms with E-state index in [-0.39, 0.29) is 129 Å². The Morgan fingerprint density at radius 2 is 0.667 bits per heavy atom. The summed E-state index contributed by atoms with van der Waals surface area (Å²) in [6, 6.07) is 0. The molecule has 8 aromatic heterocycles. The first-order chi connectivity index (χ1) is 68.5. The van der Waals surface area contributed by atoms with Gasteiger partial charge in [-0.1, -0.05) is 6.92 Å². The Labute approximate surface area is 828 Å². The van der Waals surface area contributed by atoms with Crippen molar-refractivity contribution >= 4 is 105 Å². The maximum atomic E-state index is 15.4. The Hall–Kier alpha value is -7.45. The Morgan fingerprint density at radius 3 is 1.01 bits per heavy atom. The van der Waals surface area contributed by atoms with Gasteiger partial charge in [0, 0.05) is 89.0 Å². The molecule has 11 unspecified atom stereocenters. The second-order valence-corrected chi connectivity index (χ2v) is 44.2. The zero-order chi connectivity index (χ0) is 104. The van der Waals surface area contributed by atoms with Crippen LogP contribution in [0.5, 0.6) is 0 Å². The number of imidazole rings is 2. The van der Waals surface area contributed by atoms with Crippen LogP contribution >= 0.6 is 35.8 Å². The van der Waals surface area contributed by atoms with Gasteiger partial charge in [-0.05, 0) is 69.5 Å². The summed E-state index contributed by atoms with van der Waals surface area (Å²) in [5.74, 6) is -0.0959. The minimum Gasteiger partial charge on any atom is -0.387 e. The number of aliphatic hydroxyl groups is 1. The lowest BCUT2D eigenvalue weighted by Gasteiger charge is -2.30. The second-order valence-electron chi connectivity index (χ2n) is 33.1. The van der Waals surface area contributed by atoms with Gasteiger partial charge in [-0.15, -0.1) is 0 Å². The molecule has 798 valence electrons. The molecule has 144 heavy (non-hydrogen) atoms. The third-order valence-electron chi connectivity index (χ3n) is 23.4. The normalized spacial score (nSPS) is 29.3. The number of ether oxygens (including phenoxy) is 16. The lowest BCUT2D eigenvalue weighted by molar-refractivity contribution is -0.0850. The molecule has 0 bridgehead atoms. The lowest BCUT2D eigenvalue weighted by Crippen LogP contribution is -2.42. The maximum absolute atomic E-state index is 15.4. The molecule has 6 fully saturated rings. The van der Waals surface area contributed by atoms with E-state index in [2.05, 4.69) is 49.8 Å². The standard InChI is InChI=1S/C76H109N18O42P5S3/c1-11-40-41(22-47(126-40)89-23-36(2)64(96)85-73(89)100)132-139(108,142)124-30-45-52(57(118-19-14-113-8)70(129-45)91-25-38(4)66(98)87-75(91)102)134-137(104,105)121-28-43-51(56(117-18-13-112-7)69(128-43)90-24-37(3)65(97)86-74(90)101)133-138(106,107)122-29-44-53(59(120-21-16-115-10)72(131-44)94-35-84-49-61(78)80-33-82-63(49)94)135-141(110,144)125-31-46-54(58(119-20-15-114-9)71(130-46)92-26-39(5)67(99)88-76(92)103)136-140(109,143)123-27-42-50(95)55(116-17-12-111-6)68(127-42)93-34-83-48-60(77)79-32-81-62(48)93/h23-26,32-35,40-47,50-59,68-72,95H,11-22,27-31H2,1-10H3,(H,104,105)(H,106,107)(H,108,142)(H,109,143)(H,110,144)(H2,77,79,81)(H2,78,80,82)(H,85,96,100)(H,86,97,101)(H,87,98,102)(H,88,99,103)/t40-,41?,42-,43-,44-,45-,46-,47-,50?,51?,52?,53?,54?,55+,56+,57+,58+,59+,68-,69-,70-,71-,72-,139?,140?,141?/m1/s1. The van der Waals surface area contributed by atoms with E-state index in [9.17, 15) is 67.9 Å². The van der Waals surface area contributed by atoms with Crippen LogP contribution in [0.4, 0.5) is 11.6 Å². The molecule has 0 aliphatic carbocycles. The number of nitrogens with two attached hydrogens (primary N) is 2. The predicted octanol–water partition coefficient (Wildman–Crippen LogP) is -2.17. The van der Waals surface area contributed by atoms with Crippen molar-refractivity contribution in [3.05, 3.63) is 156 Å². The molecular formula is C76H109N18O42P5S3. The fraction of sp³-hybridized carbons (Fsp3) is 0.658. The van der Waals surface area contributed by atoms with E-state index in [1.165, 1.54) is 97.6 Å². The third-order valence-corrected chi connectivity index (χ3v) is 30.0. The van der Waals surface area contributed by atoms with Crippen molar-refractivity contribution < 1.29 is 160 Å². The summed E-state index contributed by atoms with van der Waals surface area (Å²) in [5.41, 5.74) is 5.53. The number of fused-ring (bicyclic) bond motifs is 2. The number of methoxy groups -OCH3 is 5. The van der Waals surface area contributed by atoms with E-state index >= 15 is 9.13 Å². The van der Waals surface area contributed by atoms with Gasteiger partial charge in [-0.3, -0.25) is 93.7 Å². The van der Waals surface area contributed by atoms with Gasteiger partial charge < -0.3 is 135 Å². The number of hydrogen-bond acceptors (Lipinski definition) is 48. The van der Waals surface area contributed by atoms with Crippen molar-refractivity contribution in [3.8, 4) is 0 Å². The summed E-state index contributed by atoms with van der Waals surface area (Å²) in [6.07, 6.45) is -27.8. The van der Waals surface area contributed by atoms with Crippen LogP contribution in [0.15, 0.2) is 88.5 Å². The van der Waals surface area contributed by atoms with Crippen LogP contribution in [0.2, 0.25) is 0 Å². The number of nitrogen functional groups attached to an aromatic ring is 2. The summed E-state index contributed by atoms with van der Waals surface area (Å²) in [7, 11) is -5.13. The second kappa shape index (κ2) is 48.7. The first kappa shape index (κ1) is 112. The molecule has 28 atom stereocenters. The number of nitrogens with one attached hydrogen (secondary N) is 4. The Balaban J connectivity index is 0.755. The molecular weight excluding hydrogens is 2090 g/mol. The van der Waals surface area contributed by atoms with Gasteiger partial charge in [0.25, 0.3) is 22.2 Å². The number of phosphoric ester groups is 2. The van der Waals surface area contributed by atoms with Crippen molar-refractivity contribution in [3.63, 3.8) is 0 Å². The minimum absolute atomic E-state index is 0.0144. The van der Waals surface area contributed by atoms with Gasteiger partial charge in [0.2, 0.25) is 0 Å². The molecule has 0 amide bonds. The van der Waals surface area contributed by atoms with Gasteiger partial charge in [0.15, 0.2) is 54.1 Å². The van der Waals surface area contributed by atoms with Crippen LogP contribution in [0.3, 0.4) is 0 Å². The topological polar surface area (TPSA) is 754 Å². The van der Waals surface area contributed by atoms with Crippen molar-refractivity contribution in [2.45, 2.75) is 189 Å². The van der Waals surface area contributed by atoms with Gasteiger partial charge in [-0.25, -0.2) is 58.2 Å². The van der Waals surface area contributed by atoms with Crippen LogP contribution in [0.1, 0.15) is 79.4 Å². The Kier molecular flexibility index (Phi) is 37.9. The molecule has 14 rings (SSSR count). The van der Waals surface area contributed by atoms with Crippen molar-refractivity contribution in [1.82, 2.24) is 77.2 Å². The first-order valence-electron chi connectivity index (χ1n) is 44.1. The summed E-state index contributed by atoms with van der Waals surface area (Å²) in [6.45, 7) is -14.5. The fourth-order valence-electron chi connectivity index (χ4n) is 16.4. The quantitative estimate of drug-likeness (QED) is 0.0143. The van der Waals surface area contributed by atoms with Gasteiger partial charge in [-0.2, -0.15) is 0 Å². The molecule has 0 spiro atoms. The van der Waals surface area contributed by atoms with Crippen LogP contribution in [0.25, 0.3) is 22.3 Å². The number of rotatable bonds is 52. The zero-order valence-corrected chi connectivity index (χ0v) is 85.2. The fourth-order valence-corrected chi connectivity index (χ4v) is 22.7. The number of aryl methyl sites for hydroxylation is 4. The number of aromatic amines is 4. The number of anilines is 2. The highest BCUT2D eigenvalue weighted by molar-refractivity contribution is 8.07. The maximum Gasteiger partial charge on any atom is 0.472 e. The molecule has 6 aliphatic heterocycles. The number of phosphoric acid groups is 2. The number of aliphatic hydroxyl groups excluding tert-OH is 1. The molecule has 14 N–H and O–H groups in total. The van der Waals surface area contributed by atoms with Crippen LogP contribution in [-0.2, 0) is 166 Å². The summed E-state index contributed by atoms with van der Waals surface area (Å²) in [4.78, 5) is 202. The Bertz CT molecular complexity index is 6580. The third kappa shape index (κ3) is 26.6. The molecule has 0 radical (unpaired) electrons. The summed E-state index contributed by atoms with van der Waals surface area (Å²) in [5, 5.41) is 11.9. The summed E-state index contributed by atoms with van der Waals surface area (Å²) < 4.78 is 194. The van der Waals surface area contributed by atoms with Gasteiger partial charge in [0.1, 0.15) is 121 Å². The molecule has 0 aromatic carbocycles. The molecule has 6 aliphatic rings. The highest BCUT2D eigenvalue weighted by atomic mass is 32.5. The van der Waals surface area contributed by atoms with Gasteiger partial charge >= 0.3 is 58.6 Å². The van der Waals surface area contributed by atoms with E-state index in [4.69, 9.17) is 168 Å². The first-order valence-corrected chi connectivity index (χ1v) is 54.8. The van der Waals surface area contributed by atoms with E-state index < -0.39 is 262 Å². The molecule has 60 nitrogen and oxygen atoms in total. The largest absolute Gasteiger partial charge is 0.472 e. The van der Waals surface area contributed by atoms with E-state index in [1.807, 2.05) is 0 Å². The highest BCUT2D eigenvalue weighted by Crippen LogP contribution is 2.58. The molecule has 6 saturated heterocycles. The van der Waals surface area contributed by atoms with Crippen molar-refractivity contribution in [1.29, 1.82) is 0 Å². The summed E-state index contributed by atoms with van der Waals surface area (Å²) >= 11 is 17.1. The molecule has 68 heteroatoms. The van der Waals surface area contributed by atoms with Crippen molar-refractivity contribution in [2.24, 2.45) is 0 Å². The van der Waals surface area contributed by atoms with E-state index in [1.54, 1.807) is 6.92 Å². The van der Waals surface area contributed by atoms with Gasteiger partial charge in [0.05, 0.1) is 124 Å². The number of hydrogen-bond donors (Lipinski definition) is 12. The molecule has 8 aromatic rings. The van der Waals surface area contributed by atoms with E-state index in [0.717, 1.165) is 43.2 Å². The molecule has 14 heterocycles. The monoisotopic (exact) mass is 2200 g/mol. The average Bonchev–Trinajstić information content (AvgIpc) is 1.62. The highest BCUT2D eigenvalue weighted by Gasteiger charge is 2.59. The minimum atomic E-state index is -5.95. The SMILES string of the molecule is CC[C@H]1O[C@@H](n2cc(C)c(=O)[nH]c2=O)CC1OP(O)(=S)OC[C@H]1O[C@@H](n2cc(C)c(=O)[nH]c2=O)[C@@H](OCCOC)C1OP(=O)(O)OC[C@H]1O[C@@H](n2cc(C)c(=O)[nH]c2=O)[C@@H](OCCOC)C1OP(=O)(O)OC[C@H]1O[C@@H](n2cnc3c(N)ncnc32)[C@@H](OCCOC)C1OP(O)(=S)OC[C@H]1O[C@@H](n2cc(C)c(=O)[nH]c2=O)[C@@H](OCCOC)C1OP(O)(=S)OC[C@H]1O[C@@H](n2cnc3c(N)ncnc32)[C@@H](OCCOC)C1O. The number of aromatic nitrogens is 16. The van der Waals surface area contributed by atoms with Crippen molar-refractivity contribution in [2.75, 3.05) is 146 Å². The lowest BCUT2D eigenvalue weighted by atomic mass is 10.1. The zero-order valence-electron chi connectivity index (χ0n) is 78.3. The predicted molar refractivity (Wildman–Crippen MR) is 499 cm³/mol.